The van der Waals surface area contributed by atoms with E-state index >= 15 is 0 Å². The van der Waals surface area contributed by atoms with Gasteiger partial charge in [0.25, 0.3) is 0 Å². The number of nitrogen functional groups attached to an aromatic ring is 1. The maximum atomic E-state index is 11.7. The lowest BCUT2D eigenvalue weighted by atomic mass is 10.1. The van der Waals surface area contributed by atoms with Crippen molar-refractivity contribution < 1.29 is 34.4 Å². The van der Waals surface area contributed by atoms with Gasteiger partial charge in [-0.05, 0) is 6.07 Å². The first-order valence-electron chi connectivity index (χ1n) is 6.19. The molecule has 0 aliphatic carbocycles. The molecule has 1 fully saturated rings. The molecule has 0 spiro atoms. The fraction of sp³-hybridized carbons (Fsp3) is 0.600. The van der Waals surface area contributed by atoms with Crippen molar-refractivity contribution in [1.82, 2.24) is 9.55 Å². The Labute approximate surface area is 123 Å². The van der Waals surface area contributed by atoms with Gasteiger partial charge < -0.3 is 35.6 Å². The summed E-state index contributed by atoms with van der Waals surface area (Å²) in [5.41, 5.74) is 4.48. The van der Waals surface area contributed by atoms with Gasteiger partial charge in [0.05, 0.1) is 12.3 Å². The first-order chi connectivity index (χ1) is 10.1. The molecule has 7 N–H and O–H groups in total. The highest BCUT2D eigenvalue weighted by Gasteiger charge is 2.48. The van der Waals surface area contributed by atoms with Crippen LogP contribution in [0.3, 0.4) is 0 Å². The quantitative estimate of drug-likeness (QED) is 0.308. The van der Waals surface area contributed by atoms with Crippen LogP contribution in [-0.4, -0.2) is 65.2 Å². The van der Waals surface area contributed by atoms with Crippen LogP contribution in [-0.2, 0) is 9.30 Å². The number of nitrogens with zero attached hydrogens (tertiary/aromatic N) is 2. The van der Waals surface area contributed by atoms with E-state index in [1.165, 1.54) is 12.3 Å². The van der Waals surface area contributed by atoms with Crippen LogP contribution in [0.1, 0.15) is 6.23 Å². The van der Waals surface area contributed by atoms with Crippen molar-refractivity contribution in [3.8, 4) is 0 Å². The number of hydrogen-bond acceptors (Lipinski definition) is 8. The van der Waals surface area contributed by atoms with Gasteiger partial charge in [0.15, 0.2) is 6.23 Å². The van der Waals surface area contributed by atoms with Gasteiger partial charge in [-0.15, -0.1) is 0 Å². The Morgan fingerprint density at radius 1 is 1.41 bits per heavy atom. The molecule has 1 aliphatic heterocycles. The average Bonchev–Trinajstić information content (AvgIpc) is 2.65. The van der Waals surface area contributed by atoms with Crippen molar-refractivity contribution in [2.24, 2.45) is 0 Å². The van der Waals surface area contributed by atoms with Crippen molar-refractivity contribution in [3.63, 3.8) is 0 Å². The fourth-order valence-electron chi connectivity index (χ4n) is 2.20. The summed E-state index contributed by atoms with van der Waals surface area (Å²) in [6.07, 6.45) is -7.58. The normalized spacial score (nSPS) is 30.4. The van der Waals surface area contributed by atoms with Crippen LogP contribution in [0.4, 0.5) is 5.82 Å². The van der Waals surface area contributed by atoms with Gasteiger partial charge >= 0.3 is 13.3 Å². The molecule has 22 heavy (non-hydrogen) atoms. The molecule has 2 heterocycles. The zero-order chi connectivity index (χ0) is 16.7. The molecule has 5 atom stereocenters. The fourth-order valence-corrected chi connectivity index (χ4v) is 2.90. The number of aromatic nitrogens is 2. The van der Waals surface area contributed by atoms with Gasteiger partial charge in [-0.3, -0.25) is 9.13 Å². The van der Waals surface area contributed by atoms with Crippen molar-refractivity contribution in [2.75, 3.05) is 11.9 Å². The zero-order valence-electron chi connectivity index (χ0n) is 11.1. The Kier molecular flexibility index (Phi) is 4.68. The van der Waals surface area contributed by atoms with E-state index in [2.05, 4.69) is 4.98 Å². The highest BCUT2D eigenvalue weighted by molar-refractivity contribution is 7.51. The Morgan fingerprint density at radius 2 is 2.05 bits per heavy atom. The van der Waals surface area contributed by atoms with Crippen molar-refractivity contribution >= 4 is 13.4 Å². The topological polar surface area (TPSA) is 188 Å². The number of rotatable bonds is 4. The average molecular weight is 337 g/mol. The molecule has 1 aromatic heterocycles. The highest BCUT2D eigenvalue weighted by Crippen LogP contribution is 2.39. The zero-order valence-corrected chi connectivity index (χ0v) is 12.0. The number of hydrogen-bond donors (Lipinski definition) is 6. The van der Waals surface area contributed by atoms with Gasteiger partial charge in [-0.2, -0.15) is 4.98 Å². The van der Waals surface area contributed by atoms with Crippen LogP contribution >= 0.6 is 7.60 Å². The van der Waals surface area contributed by atoms with Crippen molar-refractivity contribution in [3.05, 3.63) is 22.7 Å². The smallest absolute Gasteiger partial charge is 0.351 e. The lowest BCUT2D eigenvalue weighted by Crippen LogP contribution is -2.40. The summed E-state index contributed by atoms with van der Waals surface area (Å²) in [5, 5.41) is 29.5. The lowest BCUT2D eigenvalue weighted by molar-refractivity contribution is -0.0802. The maximum absolute atomic E-state index is 11.7. The Bertz CT molecular complexity index is 645. The molecular weight excluding hydrogens is 321 g/mol. The molecule has 124 valence electrons. The molecule has 0 amide bonds. The van der Waals surface area contributed by atoms with Gasteiger partial charge in [0.1, 0.15) is 24.1 Å². The van der Waals surface area contributed by atoms with E-state index in [1.54, 1.807) is 0 Å². The summed E-state index contributed by atoms with van der Waals surface area (Å²) in [7, 11) is -4.55. The van der Waals surface area contributed by atoms with Gasteiger partial charge in [-0.1, -0.05) is 0 Å². The third kappa shape index (κ3) is 3.52. The molecule has 12 heteroatoms. The standard InChI is InChI=1S/C10H16N3O8P/c11-5-1-2-13(10(17)12-5)9-7(16)6(15)8(21-9)4(14)3-22(18,19)20/h1-2,4,6-9,14-16H,3H2,(H2,11,12,17)(H2,18,19,20)/t4-,6-,7-,8-,9-/m1/s1. The summed E-state index contributed by atoms with van der Waals surface area (Å²) in [6.45, 7) is 0. The van der Waals surface area contributed by atoms with E-state index in [1.807, 2.05) is 0 Å². The van der Waals surface area contributed by atoms with Crippen LogP contribution in [0.25, 0.3) is 0 Å². The monoisotopic (exact) mass is 337 g/mol. The molecule has 1 aromatic rings. The van der Waals surface area contributed by atoms with Crippen molar-refractivity contribution in [1.29, 1.82) is 0 Å². The first kappa shape index (κ1) is 17.0. The summed E-state index contributed by atoms with van der Waals surface area (Å²) in [5.74, 6) is -0.0487. The van der Waals surface area contributed by atoms with E-state index in [9.17, 15) is 24.7 Å². The highest BCUT2D eigenvalue weighted by atomic mass is 31.2. The van der Waals surface area contributed by atoms with Gasteiger partial charge in [-0.25, -0.2) is 4.79 Å². The third-order valence-electron chi connectivity index (χ3n) is 3.21. The minimum absolute atomic E-state index is 0.0487. The van der Waals surface area contributed by atoms with Crippen LogP contribution < -0.4 is 11.4 Å². The molecule has 1 saturated heterocycles. The van der Waals surface area contributed by atoms with Crippen LogP contribution in [0.15, 0.2) is 17.1 Å². The van der Waals surface area contributed by atoms with E-state index in [4.69, 9.17) is 20.3 Å². The Morgan fingerprint density at radius 3 is 2.59 bits per heavy atom. The lowest BCUT2D eigenvalue weighted by Gasteiger charge is -2.21. The minimum Gasteiger partial charge on any atom is -0.390 e. The van der Waals surface area contributed by atoms with E-state index in [-0.39, 0.29) is 5.82 Å². The minimum atomic E-state index is -4.55. The maximum Gasteiger partial charge on any atom is 0.351 e. The Balaban J connectivity index is 2.23. The second-order valence-electron chi connectivity index (χ2n) is 4.93. The summed E-state index contributed by atoms with van der Waals surface area (Å²) >= 11 is 0. The summed E-state index contributed by atoms with van der Waals surface area (Å²) in [4.78, 5) is 32.8. The second kappa shape index (κ2) is 6.05. The predicted molar refractivity (Wildman–Crippen MR) is 71.8 cm³/mol. The Hall–Kier alpha value is -1.33. The number of aliphatic hydroxyl groups excluding tert-OH is 3. The van der Waals surface area contributed by atoms with E-state index in [0.29, 0.717) is 0 Å². The predicted octanol–water partition coefficient (Wildman–Crippen LogP) is -3.02. The molecule has 0 saturated carbocycles. The molecule has 0 unspecified atom stereocenters. The third-order valence-corrected chi connectivity index (χ3v) is 4.05. The second-order valence-corrected chi connectivity index (χ2v) is 6.62. The van der Waals surface area contributed by atoms with E-state index in [0.717, 1.165) is 4.57 Å². The number of ether oxygens (including phenoxy) is 1. The number of anilines is 1. The van der Waals surface area contributed by atoms with Crippen LogP contribution in [0.5, 0.6) is 0 Å². The first-order valence-corrected chi connectivity index (χ1v) is 7.99. The molecule has 2 rings (SSSR count). The number of aliphatic hydroxyl groups is 3. The number of nitrogens with two attached hydrogens (primary N) is 1. The molecule has 0 bridgehead atoms. The molecule has 0 radical (unpaired) electrons. The van der Waals surface area contributed by atoms with Crippen molar-refractivity contribution in [2.45, 2.75) is 30.6 Å². The van der Waals surface area contributed by atoms with E-state index < -0.39 is 50.1 Å². The van der Waals surface area contributed by atoms with Crippen LogP contribution in [0, 0.1) is 0 Å². The van der Waals surface area contributed by atoms with Gasteiger partial charge in [0.2, 0.25) is 0 Å². The molecule has 11 nitrogen and oxygen atoms in total. The SMILES string of the molecule is Nc1ccn([C@@H]2O[C@H]([C@H](O)CP(=O)(O)O)[C@H](O)[C@H]2O)c(=O)n1. The largest absolute Gasteiger partial charge is 0.390 e. The van der Waals surface area contributed by atoms with Gasteiger partial charge in [0, 0.05) is 6.20 Å². The molecular formula is C10H16N3O8P. The molecule has 0 aromatic carbocycles. The van der Waals surface area contributed by atoms with Crippen LogP contribution in [0.2, 0.25) is 0 Å². The summed E-state index contributed by atoms with van der Waals surface area (Å²) in [6, 6.07) is 1.27. The summed E-state index contributed by atoms with van der Waals surface area (Å²) < 4.78 is 16.9. The molecule has 1 aliphatic rings.